The van der Waals surface area contributed by atoms with E-state index in [0.29, 0.717) is 16.9 Å². The highest BCUT2D eigenvalue weighted by Crippen LogP contribution is 2.25. The monoisotopic (exact) mass is 341 g/mol. The van der Waals surface area contributed by atoms with Gasteiger partial charge in [-0.3, -0.25) is 9.89 Å². The molecule has 25 heavy (non-hydrogen) atoms. The number of amides is 3. The number of hydrogen-bond acceptors (Lipinski definition) is 3. The maximum Gasteiger partial charge on any atom is 0.323 e. The van der Waals surface area contributed by atoms with Gasteiger partial charge in [-0.05, 0) is 25.0 Å². The Bertz CT molecular complexity index is 723. The van der Waals surface area contributed by atoms with Gasteiger partial charge in [0.15, 0.2) is 0 Å². The molecule has 1 saturated carbocycles. The van der Waals surface area contributed by atoms with Gasteiger partial charge in [0.1, 0.15) is 0 Å². The molecule has 1 aliphatic rings. The van der Waals surface area contributed by atoms with Gasteiger partial charge in [0.05, 0.1) is 23.1 Å². The van der Waals surface area contributed by atoms with Crippen LogP contribution in [-0.2, 0) is 0 Å². The summed E-state index contributed by atoms with van der Waals surface area (Å²) in [5.41, 5.74) is 1.55. The number of aromatic amines is 1. The van der Waals surface area contributed by atoms with E-state index in [0.717, 1.165) is 25.7 Å². The van der Waals surface area contributed by atoms with Gasteiger partial charge in [-0.15, -0.1) is 0 Å². The van der Waals surface area contributed by atoms with Crippen molar-refractivity contribution < 1.29 is 9.59 Å². The largest absolute Gasteiger partial charge is 0.339 e. The second-order valence-corrected chi connectivity index (χ2v) is 6.32. The summed E-state index contributed by atoms with van der Waals surface area (Å²) in [5, 5.41) is 11.8. The van der Waals surface area contributed by atoms with Crippen molar-refractivity contribution in [1.29, 1.82) is 0 Å². The second kappa shape index (κ2) is 7.83. The van der Waals surface area contributed by atoms with E-state index in [9.17, 15) is 9.59 Å². The Labute approximate surface area is 146 Å². The van der Waals surface area contributed by atoms with Gasteiger partial charge in [-0.1, -0.05) is 31.4 Å². The summed E-state index contributed by atoms with van der Waals surface area (Å²) in [5.74, 6) is -0.0638. The van der Waals surface area contributed by atoms with Gasteiger partial charge >= 0.3 is 6.03 Å². The van der Waals surface area contributed by atoms with E-state index in [1.807, 2.05) is 11.9 Å². The van der Waals surface area contributed by atoms with Crippen molar-refractivity contribution in [2.75, 3.05) is 17.7 Å². The van der Waals surface area contributed by atoms with Crippen LogP contribution in [0.3, 0.4) is 0 Å². The van der Waals surface area contributed by atoms with Gasteiger partial charge in [0.2, 0.25) is 0 Å². The molecule has 0 aliphatic heterocycles. The van der Waals surface area contributed by atoms with Crippen LogP contribution in [0, 0.1) is 0 Å². The third kappa shape index (κ3) is 4.17. The molecular formula is C18H23N5O2. The van der Waals surface area contributed by atoms with Crippen LogP contribution in [0.1, 0.15) is 42.5 Å². The number of benzene rings is 1. The molecule has 0 unspecified atom stereocenters. The fourth-order valence-corrected chi connectivity index (χ4v) is 3.21. The highest BCUT2D eigenvalue weighted by Gasteiger charge is 2.24. The van der Waals surface area contributed by atoms with Crippen LogP contribution >= 0.6 is 0 Å². The lowest BCUT2D eigenvalue weighted by Crippen LogP contribution is -2.38. The first kappa shape index (κ1) is 17.0. The minimum atomic E-state index is -0.415. The van der Waals surface area contributed by atoms with Crippen LogP contribution in [0.25, 0.3) is 0 Å². The molecule has 2 aromatic rings. The Kier molecular flexibility index (Phi) is 5.33. The molecular weight excluding hydrogens is 318 g/mol. The number of carbonyl (C=O) groups excluding carboxylic acids is 2. The van der Waals surface area contributed by atoms with Crippen molar-refractivity contribution >= 4 is 23.3 Å². The van der Waals surface area contributed by atoms with Gasteiger partial charge in [-0.25, -0.2) is 4.79 Å². The van der Waals surface area contributed by atoms with Crippen molar-refractivity contribution in [2.24, 2.45) is 0 Å². The highest BCUT2D eigenvalue weighted by atomic mass is 16.2. The molecule has 3 rings (SSSR count). The van der Waals surface area contributed by atoms with Crippen molar-refractivity contribution in [3.63, 3.8) is 0 Å². The minimum Gasteiger partial charge on any atom is -0.339 e. The lowest BCUT2D eigenvalue weighted by Gasteiger charge is -2.31. The molecule has 0 bridgehead atoms. The first-order valence-corrected chi connectivity index (χ1v) is 8.58. The molecule has 0 saturated heterocycles. The lowest BCUT2D eigenvalue weighted by atomic mass is 9.94. The predicted octanol–water partition coefficient (Wildman–Crippen LogP) is 3.46. The highest BCUT2D eigenvalue weighted by molar-refractivity contribution is 6.06. The number of nitrogens with one attached hydrogen (secondary N) is 3. The minimum absolute atomic E-state index is 0.0638. The third-order valence-corrected chi connectivity index (χ3v) is 4.60. The van der Waals surface area contributed by atoms with E-state index >= 15 is 0 Å². The number of anilines is 2. The Hall–Kier alpha value is -2.83. The zero-order valence-electron chi connectivity index (χ0n) is 14.3. The molecule has 0 atom stereocenters. The molecule has 1 fully saturated rings. The number of hydrogen-bond donors (Lipinski definition) is 3. The molecule has 0 spiro atoms. The molecule has 3 amide bonds. The number of H-pyrrole nitrogens is 1. The van der Waals surface area contributed by atoms with E-state index in [4.69, 9.17) is 0 Å². The van der Waals surface area contributed by atoms with Crippen LogP contribution < -0.4 is 10.6 Å². The normalized spacial score (nSPS) is 14.8. The third-order valence-electron chi connectivity index (χ3n) is 4.60. The van der Waals surface area contributed by atoms with Crippen LogP contribution in [0.15, 0.2) is 36.7 Å². The van der Waals surface area contributed by atoms with Gasteiger partial charge in [0, 0.05) is 19.3 Å². The van der Waals surface area contributed by atoms with Crippen LogP contribution in [-0.4, -0.2) is 40.1 Å². The van der Waals surface area contributed by atoms with Gasteiger partial charge in [-0.2, -0.15) is 5.10 Å². The predicted molar refractivity (Wildman–Crippen MR) is 96.6 cm³/mol. The topological polar surface area (TPSA) is 90.1 Å². The van der Waals surface area contributed by atoms with Crippen LogP contribution in [0.2, 0.25) is 0 Å². The fourth-order valence-electron chi connectivity index (χ4n) is 3.21. The molecule has 1 aliphatic carbocycles. The van der Waals surface area contributed by atoms with Crippen LogP contribution in [0.4, 0.5) is 16.2 Å². The fraction of sp³-hybridized carbons (Fsp3) is 0.389. The summed E-state index contributed by atoms with van der Waals surface area (Å²) in [4.78, 5) is 26.9. The zero-order chi connectivity index (χ0) is 17.6. The second-order valence-electron chi connectivity index (χ2n) is 6.32. The zero-order valence-corrected chi connectivity index (χ0v) is 14.3. The summed E-state index contributed by atoms with van der Waals surface area (Å²) >= 11 is 0. The summed E-state index contributed by atoms with van der Waals surface area (Å²) in [6.45, 7) is 0. The molecule has 0 radical (unpaired) electrons. The maximum atomic E-state index is 12.9. The molecule has 3 N–H and O–H groups in total. The van der Waals surface area contributed by atoms with E-state index in [1.165, 1.54) is 12.6 Å². The standard InChI is InChI=1S/C18H23N5O2/c1-23(14-7-3-2-4-8-14)17(24)15-9-5-6-10-16(15)22-18(25)21-13-11-19-20-12-13/h5-6,9-12,14H,2-4,7-8H2,1H3,(H,19,20)(H2,21,22,25). The molecule has 1 aromatic carbocycles. The van der Waals surface area contributed by atoms with E-state index < -0.39 is 6.03 Å². The first-order valence-electron chi connectivity index (χ1n) is 8.58. The molecule has 1 aromatic heterocycles. The number of carbonyl (C=O) groups is 2. The number of urea groups is 1. The Balaban J connectivity index is 1.71. The maximum absolute atomic E-state index is 12.9. The van der Waals surface area contributed by atoms with Gasteiger partial charge < -0.3 is 15.5 Å². The average Bonchev–Trinajstić information content (AvgIpc) is 3.14. The molecule has 132 valence electrons. The van der Waals surface area contributed by atoms with E-state index in [1.54, 1.807) is 30.5 Å². The van der Waals surface area contributed by atoms with Crippen LogP contribution in [0.5, 0.6) is 0 Å². The Morgan fingerprint density at radius 1 is 1.16 bits per heavy atom. The SMILES string of the molecule is CN(C(=O)c1ccccc1NC(=O)Nc1cn[nH]c1)C1CCCCC1. The number of nitrogens with zero attached hydrogens (tertiary/aromatic N) is 2. The Morgan fingerprint density at radius 3 is 2.64 bits per heavy atom. The lowest BCUT2D eigenvalue weighted by molar-refractivity contribution is 0.0697. The summed E-state index contributed by atoms with van der Waals surface area (Å²) in [6.07, 6.45) is 8.73. The molecule has 7 nitrogen and oxygen atoms in total. The van der Waals surface area contributed by atoms with Crippen molar-refractivity contribution in [3.8, 4) is 0 Å². The summed E-state index contributed by atoms with van der Waals surface area (Å²) in [6, 6.07) is 6.94. The quantitative estimate of drug-likeness (QED) is 0.795. The number of aromatic nitrogens is 2. The summed E-state index contributed by atoms with van der Waals surface area (Å²) in [7, 11) is 1.85. The molecule has 1 heterocycles. The number of rotatable bonds is 4. The summed E-state index contributed by atoms with van der Waals surface area (Å²) < 4.78 is 0. The average molecular weight is 341 g/mol. The van der Waals surface area contributed by atoms with Crippen molar-refractivity contribution in [3.05, 3.63) is 42.2 Å². The van der Waals surface area contributed by atoms with Crippen molar-refractivity contribution in [2.45, 2.75) is 38.1 Å². The molecule has 7 heteroatoms. The first-order chi connectivity index (χ1) is 12.1. The smallest absolute Gasteiger partial charge is 0.323 e. The Morgan fingerprint density at radius 2 is 1.92 bits per heavy atom. The van der Waals surface area contributed by atoms with Crippen molar-refractivity contribution in [1.82, 2.24) is 15.1 Å². The van der Waals surface area contributed by atoms with Gasteiger partial charge in [0.25, 0.3) is 5.91 Å². The number of para-hydroxylation sites is 1. The van der Waals surface area contributed by atoms with E-state index in [-0.39, 0.29) is 11.9 Å². The van der Waals surface area contributed by atoms with E-state index in [2.05, 4.69) is 20.8 Å².